The molecule has 27 heavy (non-hydrogen) atoms. The van der Waals surface area contributed by atoms with Gasteiger partial charge in [-0.2, -0.15) is 0 Å². The van der Waals surface area contributed by atoms with E-state index in [1.54, 1.807) is 18.2 Å². The Bertz CT molecular complexity index is 977. The molecule has 0 radical (unpaired) electrons. The van der Waals surface area contributed by atoms with E-state index in [2.05, 4.69) is 44.5 Å². The molecule has 3 aromatic rings. The van der Waals surface area contributed by atoms with Gasteiger partial charge in [0.25, 0.3) is 5.91 Å². The van der Waals surface area contributed by atoms with Crippen LogP contribution >= 0.6 is 0 Å². The van der Waals surface area contributed by atoms with E-state index in [1.165, 1.54) is 5.56 Å². The van der Waals surface area contributed by atoms with Gasteiger partial charge in [-0.3, -0.25) is 9.69 Å². The van der Waals surface area contributed by atoms with Crippen molar-refractivity contribution in [2.24, 2.45) is 5.92 Å². The molecule has 2 heterocycles. The molecule has 6 heteroatoms. The summed E-state index contributed by atoms with van der Waals surface area (Å²) in [4.78, 5) is 31.7. The van der Waals surface area contributed by atoms with Crippen LogP contribution in [-0.2, 0) is 6.54 Å². The molecule has 6 nitrogen and oxygen atoms in total. The van der Waals surface area contributed by atoms with Crippen LogP contribution in [0.25, 0.3) is 11.0 Å². The Morgan fingerprint density at radius 1 is 1.11 bits per heavy atom. The third-order valence-electron chi connectivity index (χ3n) is 5.18. The van der Waals surface area contributed by atoms with E-state index in [-0.39, 0.29) is 11.6 Å². The molecule has 0 spiro atoms. The predicted octanol–water partition coefficient (Wildman–Crippen LogP) is 2.50. The maximum Gasteiger partial charge on any atom is 0.323 e. The third-order valence-corrected chi connectivity index (χ3v) is 5.18. The van der Waals surface area contributed by atoms with Crippen molar-refractivity contribution < 1.29 is 4.79 Å². The Morgan fingerprint density at radius 3 is 2.78 bits per heavy atom. The van der Waals surface area contributed by atoms with Gasteiger partial charge in [0, 0.05) is 25.2 Å². The Labute approximate surface area is 157 Å². The first-order valence-corrected chi connectivity index (χ1v) is 9.44. The molecule has 1 amide bonds. The van der Waals surface area contributed by atoms with Gasteiger partial charge in [0.05, 0.1) is 11.0 Å². The van der Waals surface area contributed by atoms with Crippen LogP contribution in [0.2, 0.25) is 0 Å². The molecule has 0 bridgehead atoms. The van der Waals surface area contributed by atoms with Gasteiger partial charge in [0.1, 0.15) is 0 Å². The smallest absolute Gasteiger partial charge is 0.323 e. The summed E-state index contributed by atoms with van der Waals surface area (Å²) < 4.78 is 0. The Morgan fingerprint density at radius 2 is 1.93 bits per heavy atom. The number of hydrogen-bond donors (Lipinski definition) is 3. The number of amides is 1. The molecule has 3 N–H and O–H groups in total. The van der Waals surface area contributed by atoms with Crippen LogP contribution in [0.1, 0.15) is 28.8 Å². The molecular formula is C21H24N4O2. The molecule has 1 aromatic heterocycles. The molecule has 1 unspecified atom stereocenters. The number of nitrogens with zero attached hydrogens (tertiary/aromatic N) is 1. The number of aromatic nitrogens is 2. The summed E-state index contributed by atoms with van der Waals surface area (Å²) in [6.07, 6.45) is 2.29. The maximum atomic E-state index is 12.5. The molecule has 2 aromatic carbocycles. The highest BCUT2D eigenvalue weighted by Gasteiger charge is 2.20. The van der Waals surface area contributed by atoms with Gasteiger partial charge < -0.3 is 15.3 Å². The fourth-order valence-electron chi connectivity index (χ4n) is 3.82. The minimum absolute atomic E-state index is 0.0980. The number of rotatable bonds is 5. The van der Waals surface area contributed by atoms with Crippen molar-refractivity contribution in [1.29, 1.82) is 0 Å². The highest BCUT2D eigenvalue weighted by atomic mass is 16.2. The lowest BCUT2D eigenvalue weighted by molar-refractivity contribution is 0.0930. The summed E-state index contributed by atoms with van der Waals surface area (Å²) in [6, 6.07) is 15.7. The Kier molecular flexibility index (Phi) is 5.07. The summed E-state index contributed by atoms with van der Waals surface area (Å²) in [5, 5.41) is 3.06. The van der Waals surface area contributed by atoms with Gasteiger partial charge in [-0.15, -0.1) is 0 Å². The fourth-order valence-corrected chi connectivity index (χ4v) is 3.82. The van der Waals surface area contributed by atoms with Crippen LogP contribution in [0.3, 0.4) is 0 Å². The number of likely N-dealkylation sites (tertiary alicyclic amines) is 1. The highest BCUT2D eigenvalue weighted by molar-refractivity contribution is 5.97. The van der Waals surface area contributed by atoms with E-state index in [4.69, 9.17) is 0 Å². The van der Waals surface area contributed by atoms with Crippen LogP contribution in [0, 0.1) is 5.92 Å². The number of nitrogens with one attached hydrogen (secondary N) is 3. The van der Waals surface area contributed by atoms with Crippen molar-refractivity contribution in [3.8, 4) is 0 Å². The van der Waals surface area contributed by atoms with Crippen molar-refractivity contribution in [2.75, 3.05) is 19.6 Å². The normalized spacial score (nSPS) is 17.9. The average molecular weight is 364 g/mol. The zero-order valence-electron chi connectivity index (χ0n) is 15.2. The van der Waals surface area contributed by atoms with E-state index >= 15 is 0 Å². The van der Waals surface area contributed by atoms with Crippen molar-refractivity contribution in [2.45, 2.75) is 19.4 Å². The topological polar surface area (TPSA) is 81.0 Å². The largest absolute Gasteiger partial charge is 0.352 e. The number of H-pyrrole nitrogens is 2. The van der Waals surface area contributed by atoms with E-state index in [0.29, 0.717) is 29.1 Å². The SMILES string of the molecule is O=C(NCC1CCCN(Cc2ccccc2)C1)c1ccc2[nH]c(=O)[nH]c2c1. The zero-order valence-corrected chi connectivity index (χ0v) is 15.2. The number of imidazole rings is 1. The molecule has 140 valence electrons. The van der Waals surface area contributed by atoms with E-state index in [9.17, 15) is 9.59 Å². The first kappa shape index (κ1) is 17.5. The van der Waals surface area contributed by atoms with Crippen LogP contribution in [0.15, 0.2) is 53.3 Å². The lowest BCUT2D eigenvalue weighted by Crippen LogP contribution is -2.40. The number of carbonyl (C=O) groups excluding carboxylic acids is 1. The van der Waals surface area contributed by atoms with Crippen molar-refractivity contribution in [3.05, 3.63) is 70.1 Å². The van der Waals surface area contributed by atoms with Crippen molar-refractivity contribution in [3.63, 3.8) is 0 Å². The highest BCUT2D eigenvalue weighted by Crippen LogP contribution is 2.18. The second kappa shape index (κ2) is 7.80. The first-order chi connectivity index (χ1) is 13.2. The molecule has 0 saturated carbocycles. The summed E-state index contributed by atoms with van der Waals surface area (Å²) in [5.41, 5.74) is 2.99. The molecule has 1 atom stereocenters. The molecule has 1 aliphatic rings. The van der Waals surface area contributed by atoms with Gasteiger partial charge in [-0.25, -0.2) is 4.79 Å². The minimum atomic E-state index is -0.261. The third kappa shape index (κ3) is 4.28. The predicted molar refractivity (Wildman–Crippen MR) is 106 cm³/mol. The fraction of sp³-hybridized carbons (Fsp3) is 0.333. The molecule has 4 rings (SSSR count). The van der Waals surface area contributed by atoms with Crippen molar-refractivity contribution >= 4 is 16.9 Å². The first-order valence-electron chi connectivity index (χ1n) is 9.44. The maximum absolute atomic E-state index is 12.5. The zero-order chi connectivity index (χ0) is 18.6. The van der Waals surface area contributed by atoms with Gasteiger partial charge >= 0.3 is 5.69 Å². The Balaban J connectivity index is 1.33. The molecule has 1 saturated heterocycles. The second-order valence-corrected chi connectivity index (χ2v) is 7.28. The Hall–Kier alpha value is -2.86. The number of fused-ring (bicyclic) bond motifs is 1. The standard InChI is InChI=1S/C21H24N4O2/c26-20(17-8-9-18-19(11-17)24-21(27)23-18)22-12-16-7-4-10-25(14-16)13-15-5-2-1-3-6-15/h1-3,5-6,8-9,11,16H,4,7,10,12-14H2,(H,22,26)(H2,23,24,27). The lowest BCUT2D eigenvalue weighted by atomic mass is 9.97. The van der Waals surface area contributed by atoms with E-state index < -0.39 is 0 Å². The van der Waals surface area contributed by atoms with E-state index in [1.807, 2.05) is 6.07 Å². The lowest BCUT2D eigenvalue weighted by Gasteiger charge is -2.32. The summed E-state index contributed by atoms with van der Waals surface area (Å²) >= 11 is 0. The van der Waals surface area contributed by atoms with Gasteiger partial charge in [0.15, 0.2) is 0 Å². The minimum Gasteiger partial charge on any atom is -0.352 e. The summed E-state index contributed by atoms with van der Waals surface area (Å²) in [7, 11) is 0. The van der Waals surface area contributed by atoms with Crippen molar-refractivity contribution in [1.82, 2.24) is 20.2 Å². The van der Waals surface area contributed by atoms with Crippen LogP contribution in [0.5, 0.6) is 0 Å². The van der Waals surface area contributed by atoms with Gasteiger partial charge in [0.2, 0.25) is 0 Å². The summed E-state index contributed by atoms with van der Waals surface area (Å²) in [5.74, 6) is 0.362. The average Bonchev–Trinajstić information content (AvgIpc) is 3.06. The molecule has 1 aliphatic heterocycles. The summed E-state index contributed by atoms with van der Waals surface area (Å²) in [6.45, 7) is 3.74. The molecular weight excluding hydrogens is 340 g/mol. The van der Waals surface area contributed by atoms with Crippen LogP contribution < -0.4 is 11.0 Å². The number of carbonyl (C=O) groups is 1. The molecule has 0 aliphatic carbocycles. The van der Waals surface area contributed by atoms with Crippen LogP contribution in [-0.4, -0.2) is 40.4 Å². The molecule has 1 fully saturated rings. The van der Waals surface area contributed by atoms with E-state index in [0.717, 1.165) is 32.5 Å². The number of benzene rings is 2. The van der Waals surface area contributed by atoms with Gasteiger partial charge in [-0.1, -0.05) is 30.3 Å². The van der Waals surface area contributed by atoms with Crippen LogP contribution in [0.4, 0.5) is 0 Å². The number of aromatic amines is 2. The monoisotopic (exact) mass is 364 g/mol. The second-order valence-electron chi connectivity index (χ2n) is 7.28. The number of piperidine rings is 1. The quantitative estimate of drug-likeness (QED) is 0.651. The number of hydrogen-bond acceptors (Lipinski definition) is 3. The van der Waals surface area contributed by atoms with Gasteiger partial charge in [-0.05, 0) is 49.1 Å².